The lowest BCUT2D eigenvalue weighted by Gasteiger charge is -2.33. The maximum Gasteiger partial charge on any atom is 0.191 e. The van der Waals surface area contributed by atoms with Crippen LogP contribution in [0.2, 0.25) is 0 Å². The second-order valence-corrected chi connectivity index (χ2v) is 9.93. The Morgan fingerprint density at radius 3 is 2.59 bits per heavy atom. The molecule has 1 aromatic rings. The van der Waals surface area contributed by atoms with Crippen LogP contribution >= 0.6 is 11.3 Å². The normalized spacial score (nSPS) is 25.5. The first-order chi connectivity index (χ1) is 14.0. The molecule has 29 heavy (non-hydrogen) atoms. The predicted octanol–water partition coefficient (Wildman–Crippen LogP) is 2.71. The van der Waals surface area contributed by atoms with E-state index in [0.717, 1.165) is 58.4 Å². The summed E-state index contributed by atoms with van der Waals surface area (Å²) in [5.74, 6) is 1.57. The van der Waals surface area contributed by atoms with Gasteiger partial charge in [-0.25, -0.2) is 0 Å². The van der Waals surface area contributed by atoms with Crippen molar-refractivity contribution in [3.8, 4) is 0 Å². The van der Waals surface area contributed by atoms with E-state index in [9.17, 15) is 0 Å². The molecular formula is C22H39N5OS. The molecule has 0 spiro atoms. The largest absolute Gasteiger partial charge is 0.379 e. The van der Waals surface area contributed by atoms with E-state index in [1.54, 1.807) is 0 Å². The Balaban J connectivity index is 1.70. The Labute approximate surface area is 180 Å². The van der Waals surface area contributed by atoms with E-state index in [1.165, 1.54) is 9.75 Å². The van der Waals surface area contributed by atoms with Crippen molar-refractivity contribution in [2.24, 2.45) is 10.9 Å². The molecule has 3 rings (SSSR count). The molecule has 2 fully saturated rings. The maximum atomic E-state index is 5.58. The molecule has 0 amide bonds. The number of thiophene rings is 1. The summed E-state index contributed by atoms with van der Waals surface area (Å²) in [6.07, 6.45) is 0. The zero-order chi connectivity index (χ0) is 20.8. The van der Waals surface area contributed by atoms with Crippen molar-refractivity contribution in [2.75, 3.05) is 52.5 Å². The number of aryl methyl sites for hydroxylation is 1. The van der Waals surface area contributed by atoms with Crippen LogP contribution in [0.1, 0.15) is 43.5 Å². The third-order valence-electron chi connectivity index (χ3n) is 6.04. The van der Waals surface area contributed by atoms with Crippen LogP contribution in [-0.4, -0.2) is 80.3 Å². The third-order valence-corrected chi connectivity index (χ3v) is 7.14. The average molecular weight is 422 g/mol. The standard InChI is InChI=1S/C22H39N5OS/c1-6-23-22(25-19-15-27(16(2)3)14-17(19)4)24-13-20(21-8-7-18(5)29-21)26-9-11-28-12-10-26/h7-8,16-17,19-20H,6,9-15H2,1-5H3,(H2,23,24,25). The van der Waals surface area contributed by atoms with E-state index in [2.05, 4.69) is 67.2 Å². The van der Waals surface area contributed by atoms with E-state index in [4.69, 9.17) is 9.73 Å². The highest BCUT2D eigenvalue weighted by atomic mass is 32.1. The van der Waals surface area contributed by atoms with Crippen LogP contribution in [0.5, 0.6) is 0 Å². The second kappa shape index (κ2) is 10.8. The molecule has 0 saturated carbocycles. The first-order valence-corrected chi connectivity index (χ1v) is 12.0. The van der Waals surface area contributed by atoms with Crippen LogP contribution < -0.4 is 10.6 Å². The summed E-state index contributed by atoms with van der Waals surface area (Å²) < 4.78 is 5.58. The number of aliphatic imine (C=N–C) groups is 1. The molecule has 3 unspecified atom stereocenters. The Morgan fingerprint density at radius 2 is 2.00 bits per heavy atom. The molecule has 2 aliphatic heterocycles. The van der Waals surface area contributed by atoms with Gasteiger partial charge in [-0.15, -0.1) is 11.3 Å². The Kier molecular flexibility index (Phi) is 8.35. The fourth-order valence-corrected chi connectivity index (χ4v) is 5.20. The zero-order valence-electron chi connectivity index (χ0n) is 18.8. The van der Waals surface area contributed by atoms with E-state index in [-0.39, 0.29) is 0 Å². The molecule has 2 aliphatic rings. The fourth-order valence-electron chi connectivity index (χ4n) is 4.19. The average Bonchev–Trinajstić information content (AvgIpc) is 3.29. The van der Waals surface area contributed by atoms with Gasteiger partial charge < -0.3 is 15.4 Å². The molecule has 0 bridgehead atoms. The maximum absolute atomic E-state index is 5.58. The molecule has 3 atom stereocenters. The molecule has 0 aliphatic carbocycles. The quantitative estimate of drug-likeness (QED) is 0.524. The summed E-state index contributed by atoms with van der Waals surface area (Å²) in [5, 5.41) is 7.19. The highest BCUT2D eigenvalue weighted by Gasteiger charge is 2.31. The van der Waals surface area contributed by atoms with Gasteiger partial charge in [0, 0.05) is 54.6 Å². The Bertz CT molecular complexity index is 655. The number of nitrogens with one attached hydrogen (secondary N) is 2. The zero-order valence-corrected chi connectivity index (χ0v) is 19.6. The van der Waals surface area contributed by atoms with E-state index < -0.39 is 0 Å². The number of guanidine groups is 1. The van der Waals surface area contributed by atoms with Crippen molar-refractivity contribution in [3.05, 3.63) is 21.9 Å². The Hall–Kier alpha value is -1.15. The summed E-state index contributed by atoms with van der Waals surface area (Å²) in [4.78, 5) is 12.9. The van der Waals surface area contributed by atoms with Crippen LogP contribution in [0, 0.1) is 12.8 Å². The molecular weight excluding hydrogens is 382 g/mol. The van der Waals surface area contributed by atoms with Gasteiger partial charge in [0.25, 0.3) is 0 Å². The van der Waals surface area contributed by atoms with Crippen LogP contribution in [0.4, 0.5) is 0 Å². The molecule has 2 N–H and O–H groups in total. The van der Waals surface area contributed by atoms with Crippen molar-refractivity contribution in [1.29, 1.82) is 0 Å². The lowest BCUT2D eigenvalue weighted by atomic mass is 10.1. The monoisotopic (exact) mass is 421 g/mol. The highest BCUT2D eigenvalue weighted by Crippen LogP contribution is 2.28. The number of hydrogen-bond donors (Lipinski definition) is 2. The summed E-state index contributed by atoms with van der Waals surface area (Å²) in [6.45, 7) is 18.7. The Morgan fingerprint density at radius 1 is 1.24 bits per heavy atom. The lowest BCUT2D eigenvalue weighted by molar-refractivity contribution is 0.0186. The highest BCUT2D eigenvalue weighted by molar-refractivity contribution is 7.12. The first kappa shape index (κ1) is 22.5. The van der Waals surface area contributed by atoms with Gasteiger partial charge in [-0.1, -0.05) is 6.92 Å². The van der Waals surface area contributed by atoms with Gasteiger partial charge in [-0.3, -0.25) is 14.8 Å². The lowest BCUT2D eigenvalue weighted by Crippen LogP contribution is -2.47. The topological polar surface area (TPSA) is 52.1 Å². The van der Waals surface area contributed by atoms with Crippen LogP contribution in [0.25, 0.3) is 0 Å². The molecule has 0 radical (unpaired) electrons. The summed E-state index contributed by atoms with van der Waals surface area (Å²) >= 11 is 1.89. The van der Waals surface area contributed by atoms with Crippen LogP contribution in [0.3, 0.4) is 0 Å². The van der Waals surface area contributed by atoms with Crippen molar-refractivity contribution >= 4 is 17.3 Å². The van der Waals surface area contributed by atoms with Gasteiger partial charge in [0.2, 0.25) is 0 Å². The summed E-state index contributed by atoms with van der Waals surface area (Å²) in [7, 11) is 0. The van der Waals surface area contributed by atoms with Crippen molar-refractivity contribution in [1.82, 2.24) is 20.4 Å². The van der Waals surface area contributed by atoms with Gasteiger partial charge in [-0.05, 0) is 45.7 Å². The minimum Gasteiger partial charge on any atom is -0.379 e. The number of rotatable bonds is 7. The number of likely N-dealkylation sites (tertiary alicyclic amines) is 1. The van der Waals surface area contributed by atoms with Gasteiger partial charge in [0.1, 0.15) is 0 Å². The van der Waals surface area contributed by atoms with Crippen LogP contribution in [0.15, 0.2) is 17.1 Å². The van der Waals surface area contributed by atoms with E-state index in [0.29, 0.717) is 24.0 Å². The van der Waals surface area contributed by atoms with Crippen molar-refractivity contribution in [2.45, 2.75) is 52.7 Å². The van der Waals surface area contributed by atoms with Gasteiger partial charge in [0.15, 0.2) is 5.96 Å². The van der Waals surface area contributed by atoms with E-state index in [1.807, 2.05) is 11.3 Å². The predicted molar refractivity (Wildman–Crippen MR) is 123 cm³/mol. The van der Waals surface area contributed by atoms with Gasteiger partial charge >= 0.3 is 0 Å². The summed E-state index contributed by atoms with van der Waals surface area (Å²) in [5.41, 5.74) is 0. The molecule has 2 saturated heterocycles. The number of hydrogen-bond acceptors (Lipinski definition) is 5. The van der Waals surface area contributed by atoms with Crippen molar-refractivity contribution < 1.29 is 4.74 Å². The van der Waals surface area contributed by atoms with E-state index >= 15 is 0 Å². The molecule has 164 valence electrons. The molecule has 6 nitrogen and oxygen atoms in total. The fraction of sp³-hybridized carbons (Fsp3) is 0.773. The number of nitrogens with zero attached hydrogens (tertiary/aromatic N) is 3. The molecule has 3 heterocycles. The smallest absolute Gasteiger partial charge is 0.191 e. The molecule has 7 heteroatoms. The summed E-state index contributed by atoms with van der Waals surface area (Å²) in [6, 6.07) is 5.86. The van der Waals surface area contributed by atoms with Gasteiger partial charge in [0.05, 0.1) is 25.8 Å². The second-order valence-electron chi connectivity index (χ2n) is 8.61. The molecule has 0 aromatic carbocycles. The van der Waals surface area contributed by atoms with Crippen molar-refractivity contribution in [3.63, 3.8) is 0 Å². The molecule has 1 aromatic heterocycles. The number of ether oxygens (including phenoxy) is 1. The van der Waals surface area contributed by atoms with Gasteiger partial charge in [-0.2, -0.15) is 0 Å². The first-order valence-electron chi connectivity index (χ1n) is 11.1. The van der Waals surface area contributed by atoms with Crippen LogP contribution in [-0.2, 0) is 4.74 Å². The SMILES string of the molecule is CCNC(=NCC(c1ccc(C)s1)N1CCOCC1)NC1CN(C(C)C)CC1C. The third kappa shape index (κ3) is 6.17. The minimum absolute atomic E-state index is 0.321. The minimum atomic E-state index is 0.321. The number of morpholine rings is 1.